The Kier molecular flexibility index (Phi) is 9.77. The van der Waals surface area contributed by atoms with E-state index in [2.05, 4.69) is 0 Å². The van der Waals surface area contributed by atoms with Crippen LogP contribution in [0.4, 0.5) is 0 Å². The van der Waals surface area contributed by atoms with Crippen molar-refractivity contribution in [3.63, 3.8) is 0 Å². The quantitative estimate of drug-likeness (QED) is 0.370. The van der Waals surface area contributed by atoms with Gasteiger partial charge < -0.3 is 28.4 Å². The minimum absolute atomic E-state index is 0.166. The van der Waals surface area contributed by atoms with Gasteiger partial charge in [0.1, 0.15) is 18.8 Å². The molecule has 0 aliphatic carbocycles. The molecule has 9 heteroatoms. The lowest BCUT2D eigenvalue weighted by Crippen LogP contribution is -2.62. The molecule has 1 heterocycles. The highest BCUT2D eigenvalue weighted by molar-refractivity contribution is 5.67. The van der Waals surface area contributed by atoms with E-state index < -0.39 is 48.6 Å². The van der Waals surface area contributed by atoms with Crippen LogP contribution in [0.1, 0.15) is 31.9 Å². The molecule has 188 valence electrons. The highest BCUT2D eigenvalue weighted by atomic mass is 16.7. The highest BCUT2D eigenvalue weighted by Gasteiger charge is 2.51. The Balaban J connectivity index is 1.92. The lowest BCUT2D eigenvalue weighted by atomic mass is 9.98. The molecule has 0 bridgehead atoms. The summed E-state index contributed by atoms with van der Waals surface area (Å²) >= 11 is 0. The minimum Gasteiger partial charge on any atom is -0.463 e. The molecule has 2 aromatic rings. The third-order valence-corrected chi connectivity index (χ3v) is 5.20. The van der Waals surface area contributed by atoms with Crippen molar-refractivity contribution in [2.75, 3.05) is 6.61 Å². The van der Waals surface area contributed by atoms with Gasteiger partial charge in [-0.05, 0) is 11.1 Å². The summed E-state index contributed by atoms with van der Waals surface area (Å²) in [6.45, 7) is 3.86. The number of benzene rings is 2. The number of carbonyl (C=O) groups is 3. The fourth-order valence-electron chi connectivity index (χ4n) is 3.70. The number of ether oxygens (including phenoxy) is 6. The molecular weight excluding hydrogens is 456 g/mol. The van der Waals surface area contributed by atoms with Crippen LogP contribution in [-0.4, -0.2) is 55.2 Å². The van der Waals surface area contributed by atoms with Gasteiger partial charge in [0, 0.05) is 20.8 Å². The Bertz CT molecular complexity index is 963. The van der Waals surface area contributed by atoms with E-state index in [9.17, 15) is 14.4 Å². The smallest absolute Gasteiger partial charge is 0.305 e. The predicted molar refractivity (Wildman–Crippen MR) is 123 cm³/mol. The molecule has 0 aromatic heterocycles. The number of hydrogen-bond acceptors (Lipinski definition) is 9. The number of esters is 3. The van der Waals surface area contributed by atoms with E-state index in [-0.39, 0.29) is 19.8 Å². The fourth-order valence-corrected chi connectivity index (χ4v) is 3.70. The zero-order chi connectivity index (χ0) is 25.2. The molecule has 0 saturated carbocycles. The van der Waals surface area contributed by atoms with Crippen molar-refractivity contribution in [2.24, 2.45) is 0 Å². The van der Waals surface area contributed by atoms with Gasteiger partial charge in [0.15, 0.2) is 12.2 Å². The van der Waals surface area contributed by atoms with Gasteiger partial charge >= 0.3 is 17.9 Å². The second-order valence-corrected chi connectivity index (χ2v) is 8.05. The van der Waals surface area contributed by atoms with Crippen molar-refractivity contribution in [2.45, 2.75) is 64.7 Å². The molecule has 0 amide bonds. The van der Waals surface area contributed by atoms with Crippen LogP contribution in [-0.2, 0) is 56.0 Å². The van der Waals surface area contributed by atoms with E-state index in [0.29, 0.717) is 0 Å². The zero-order valence-electron chi connectivity index (χ0n) is 20.0. The summed E-state index contributed by atoms with van der Waals surface area (Å²) in [5.41, 5.74) is 1.75. The van der Waals surface area contributed by atoms with Crippen LogP contribution in [0.3, 0.4) is 0 Å². The summed E-state index contributed by atoms with van der Waals surface area (Å²) in [5, 5.41) is 0. The van der Waals surface area contributed by atoms with Crippen LogP contribution < -0.4 is 0 Å². The Morgan fingerprint density at radius 2 is 1.20 bits per heavy atom. The molecule has 1 aliphatic rings. The first kappa shape index (κ1) is 26.3. The van der Waals surface area contributed by atoms with Crippen LogP contribution in [0.15, 0.2) is 60.7 Å². The Labute approximate surface area is 204 Å². The average Bonchev–Trinajstić information content (AvgIpc) is 2.82. The van der Waals surface area contributed by atoms with Gasteiger partial charge in [-0.15, -0.1) is 0 Å². The summed E-state index contributed by atoms with van der Waals surface area (Å²) in [6, 6.07) is 18.8. The summed E-state index contributed by atoms with van der Waals surface area (Å²) in [4.78, 5) is 35.3. The molecule has 0 radical (unpaired) electrons. The molecule has 1 aliphatic heterocycles. The van der Waals surface area contributed by atoms with Crippen molar-refractivity contribution in [3.05, 3.63) is 71.8 Å². The van der Waals surface area contributed by atoms with Crippen LogP contribution in [0, 0.1) is 0 Å². The molecule has 9 nitrogen and oxygen atoms in total. The lowest BCUT2D eigenvalue weighted by Gasteiger charge is -2.44. The molecule has 1 unspecified atom stereocenters. The van der Waals surface area contributed by atoms with Gasteiger partial charge in [0.2, 0.25) is 6.29 Å². The van der Waals surface area contributed by atoms with Crippen LogP contribution in [0.2, 0.25) is 0 Å². The second-order valence-electron chi connectivity index (χ2n) is 8.05. The van der Waals surface area contributed by atoms with Gasteiger partial charge in [-0.25, -0.2) is 0 Å². The highest BCUT2D eigenvalue weighted by Crippen LogP contribution is 2.31. The fraction of sp³-hybridized carbons (Fsp3) is 0.423. The van der Waals surface area contributed by atoms with Crippen molar-refractivity contribution in [3.8, 4) is 0 Å². The molecule has 1 saturated heterocycles. The van der Waals surface area contributed by atoms with E-state index in [1.807, 2.05) is 60.7 Å². The van der Waals surface area contributed by atoms with Crippen molar-refractivity contribution >= 4 is 17.9 Å². The monoisotopic (exact) mass is 486 g/mol. The number of hydrogen-bond donors (Lipinski definition) is 0. The first-order chi connectivity index (χ1) is 16.8. The van der Waals surface area contributed by atoms with Gasteiger partial charge in [-0.2, -0.15) is 0 Å². The van der Waals surface area contributed by atoms with Gasteiger partial charge in [-0.1, -0.05) is 60.7 Å². The van der Waals surface area contributed by atoms with Crippen molar-refractivity contribution in [1.29, 1.82) is 0 Å². The maximum Gasteiger partial charge on any atom is 0.305 e. The normalized spacial score (nSPS) is 23.8. The second kappa shape index (κ2) is 13.0. The van der Waals surface area contributed by atoms with E-state index in [4.69, 9.17) is 28.4 Å². The standard InChI is InChI=1S/C26H30O9/c1-17(27)30-16-22-23(33-18(2)28)24(31-14-20-10-6-4-7-11-20)25(26(35-22)34-19(3)29)32-15-21-12-8-5-9-13-21/h4-13,22-26H,14-16H2,1-3H3/t22-,23-,24+,25-,26?/m1/s1. The molecular formula is C26H30O9. The van der Waals surface area contributed by atoms with Gasteiger partial charge in [-0.3, -0.25) is 14.4 Å². The first-order valence-corrected chi connectivity index (χ1v) is 11.3. The van der Waals surface area contributed by atoms with Crippen LogP contribution >= 0.6 is 0 Å². The van der Waals surface area contributed by atoms with E-state index in [1.165, 1.54) is 20.8 Å². The average molecular weight is 487 g/mol. The molecule has 35 heavy (non-hydrogen) atoms. The van der Waals surface area contributed by atoms with Gasteiger partial charge in [0.05, 0.1) is 13.2 Å². The summed E-state index contributed by atoms with van der Waals surface area (Å²) in [5.74, 6) is -1.71. The minimum atomic E-state index is -1.19. The molecule has 2 aromatic carbocycles. The first-order valence-electron chi connectivity index (χ1n) is 11.3. The van der Waals surface area contributed by atoms with E-state index >= 15 is 0 Å². The van der Waals surface area contributed by atoms with Crippen LogP contribution in [0.5, 0.6) is 0 Å². The molecule has 0 N–H and O–H groups in total. The Morgan fingerprint density at radius 1 is 0.686 bits per heavy atom. The third kappa shape index (κ3) is 8.17. The third-order valence-electron chi connectivity index (χ3n) is 5.20. The topological polar surface area (TPSA) is 107 Å². The molecule has 5 atom stereocenters. The molecule has 3 rings (SSSR count). The largest absolute Gasteiger partial charge is 0.463 e. The molecule has 1 fully saturated rings. The lowest BCUT2D eigenvalue weighted by molar-refractivity contribution is -0.313. The predicted octanol–water partition coefficient (Wildman–Crippen LogP) is 2.94. The van der Waals surface area contributed by atoms with Crippen LogP contribution in [0.25, 0.3) is 0 Å². The maximum atomic E-state index is 12.0. The summed E-state index contributed by atoms with van der Waals surface area (Å²) in [7, 11) is 0. The SMILES string of the molecule is CC(=O)OC[C@H]1OC(OC(C)=O)[C@H](OCc2ccccc2)[C@@H](OCc2ccccc2)[C@@H]1OC(C)=O. The summed E-state index contributed by atoms with van der Waals surface area (Å²) in [6.07, 6.45) is -4.99. The zero-order valence-corrected chi connectivity index (χ0v) is 20.0. The van der Waals surface area contributed by atoms with E-state index in [1.54, 1.807) is 0 Å². The Hall–Kier alpha value is -3.27. The van der Waals surface area contributed by atoms with Crippen molar-refractivity contribution < 1.29 is 42.8 Å². The summed E-state index contributed by atoms with van der Waals surface area (Å²) < 4.78 is 34.4. The number of carbonyl (C=O) groups excluding carboxylic acids is 3. The van der Waals surface area contributed by atoms with Crippen molar-refractivity contribution in [1.82, 2.24) is 0 Å². The molecule has 0 spiro atoms. The van der Waals surface area contributed by atoms with E-state index in [0.717, 1.165) is 11.1 Å². The maximum absolute atomic E-state index is 12.0. The number of rotatable bonds is 10. The van der Waals surface area contributed by atoms with Gasteiger partial charge in [0.25, 0.3) is 0 Å². The Morgan fingerprint density at radius 3 is 1.69 bits per heavy atom.